The quantitative estimate of drug-likeness (QED) is 0.713. The highest BCUT2D eigenvalue weighted by molar-refractivity contribution is 7.17. The molecule has 0 radical (unpaired) electrons. The van der Waals surface area contributed by atoms with Crippen molar-refractivity contribution in [1.29, 1.82) is 0 Å². The van der Waals surface area contributed by atoms with Crippen molar-refractivity contribution >= 4 is 34.2 Å². The van der Waals surface area contributed by atoms with Crippen molar-refractivity contribution in [1.82, 2.24) is 4.90 Å². The predicted octanol–water partition coefficient (Wildman–Crippen LogP) is 1.55. The van der Waals surface area contributed by atoms with Gasteiger partial charge in [-0.2, -0.15) is 0 Å². The van der Waals surface area contributed by atoms with Crippen LogP contribution in [0.4, 0.5) is 5.00 Å². The minimum absolute atomic E-state index is 0.0725. The highest BCUT2D eigenvalue weighted by atomic mass is 32.1. The lowest BCUT2D eigenvalue weighted by Gasteiger charge is -2.19. The molecule has 2 aliphatic heterocycles. The fourth-order valence-electron chi connectivity index (χ4n) is 3.30. The number of carboxylic acids is 2. The number of nitrogens with one attached hydrogen (secondary N) is 1. The summed E-state index contributed by atoms with van der Waals surface area (Å²) in [6.07, 6.45) is 2.85. The number of hydrogen-bond acceptors (Lipinski definition) is 5. The largest absolute Gasteiger partial charge is 0.478 e. The smallest absolute Gasteiger partial charge is 0.394 e. The van der Waals surface area contributed by atoms with E-state index in [2.05, 4.69) is 10.2 Å². The normalized spacial score (nSPS) is 23.3. The molecule has 118 valence electrons. The first-order valence-corrected chi connectivity index (χ1v) is 7.94. The van der Waals surface area contributed by atoms with Crippen LogP contribution in [0.15, 0.2) is 0 Å². The Morgan fingerprint density at radius 2 is 1.95 bits per heavy atom. The third kappa shape index (κ3) is 2.59. The summed E-state index contributed by atoms with van der Waals surface area (Å²) in [4.78, 5) is 37.0. The molecule has 3 heterocycles. The van der Waals surface area contributed by atoms with E-state index >= 15 is 0 Å². The average molecular weight is 324 g/mol. The van der Waals surface area contributed by atoms with Crippen molar-refractivity contribution in [2.24, 2.45) is 0 Å². The molecule has 1 aromatic rings. The van der Waals surface area contributed by atoms with E-state index in [-0.39, 0.29) is 16.5 Å². The molecule has 2 aliphatic rings. The Bertz CT molecular complexity index is 654. The van der Waals surface area contributed by atoms with Crippen molar-refractivity contribution in [3.63, 3.8) is 0 Å². The second kappa shape index (κ2) is 5.69. The van der Waals surface area contributed by atoms with Gasteiger partial charge < -0.3 is 15.5 Å². The number of fused-ring (bicyclic) bond motifs is 5. The van der Waals surface area contributed by atoms with Crippen LogP contribution in [-0.4, -0.2) is 46.0 Å². The monoisotopic (exact) mass is 324 g/mol. The predicted molar refractivity (Wildman–Crippen MR) is 79.4 cm³/mol. The summed E-state index contributed by atoms with van der Waals surface area (Å²) >= 11 is 1.19. The van der Waals surface area contributed by atoms with Crippen LogP contribution < -0.4 is 5.32 Å². The molecule has 2 unspecified atom stereocenters. The molecule has 3 rings (SSSR count). The summed E-state index contributed by atoms with van der Waals surface area (Å²) in [5.74, 6) is -3.78. The van der Waals surface area contributed by atoms with Crippen LogP contribution >= 0.6 is 11.3 Å². The Balaban J connectivity index is 2.07. The van der Waals surface area contributed by atoms with Gasteiger partial charge in [0.05, 0.1) is 5.56 Å². The maximum Gasteiger partial charge on any atom is 0.394 e. The minimum Gasteiger partial charge on any atom is -0.478 e. The number of amides is 1. The molecule has 1 aromatic heterocycles. The zero-order valence-corrected chi connectivity index (χ0v) is 12.6. The van der Waals surface area contributed by atoms with Crippen LogP contribution in [0.2, 0.25) is 0 Å². The summed E-state index contributed by atoms with van der Waals surface area (Å²) in [6, 6.07) is 0. The minimum atomic E-state index is -1.62. The zero-order valence-electron chi connectivity index (χ0n) is 11.8. The Labute approximate surface area is 130 Å². The molecule has 2 atom stereocenters. The molecule has 1 fully saturated rings. The van der Waals surface area contributed by atoms with E-state index in [0.29, 0.717) is 6.54 Å². The van der Waals surface area contributed by atoms with E-state index in [0.717, 1.165) is 42.8 Å². The van der Waals surface area contributed by atoms with E-state index in [1.54, 1.807) is 0 Å². The lowest BCUT2D eigenvalue weighted by atomic mass is 9.89. The molecule has 0 saturated carbocycles. The second-order valence-corrected chi connectivity index (χ2v) is 6.72. The van der Waals surface area contributed by atoms with E-state index in [9.17, 15) is 19.5 Å². The van der Waals surface area contributed by atoms with Gasteiger partial charge in [0.15, 0.2) is 0 Å². The number of rotatable bonds is 2. The second-order valence-electron chi connectivity index (χ2n) is 5.61. The van der Waals surface area contributed by atoms with Crippen molar-refractivity contribution in [3.8, 4) is 0 Å². The van der Waals surface area contributed by atoms with Crippen LogP contribution in [0.25, 0.3) is 0 Å². The first-order chi connectivity index (χ1) is 10.5. The fraction of sp³-hybridized carbons (Fsp3) is 0.500. The van der Waals surface area contributed by atoms with Crippen LogP contribution in [0, 0.1) is 0 Å². The van der Waals surface area contributed by atoms with E-state index in [1.165, 1.54) is 11.3 Å². The highest BCUT2D eigenvalue weighted by Crippen LogP contribution is 2.44. The van der Waals surface area contributed by atoms with Gasteiger partial charge in [-0.15, -0.1) is 11.3 Å². The molecule has 1 amide bonds. The topological polar surface area (TPSA) is 107 Å². The van der Waals surface area contributed by atoms with Crippen LogP contribution in [0.1, 0.15) is 46.0 Å². The number of carbonyl (C=O) groups excluding carboxylic acids is 1. The number of nitrogens with zero attached hydrogens (tertiary/aromatic N) is 1. The SMILES string of the molecule is O=C(O)C(=O)Nc1sc2c(c1C(=O)O)C1CCCN(CC1)C2. The lowest BCUT2D eigenvalue weighted by molar-refractivity contribution is -0.147. The lowest BCUT2D eigenvalue weighted by Crippen LogP contribution is -2.23. The third-order valence-electron chi connectivity index (χ3n) is 4.25. The molecule has 0 aliphatic carbocycles. The zero-order chi connectivity index (χ0) is 15.9. The van der Waals surface area contributed by atoms with E-state index < -0.39 is 17.8 Å². The molecule has 0 spiro atoms. The Morgan fingerprint density at radius 1 is 1.18 bits per heavy atom. The van der Waals surface area contributed by atoms with Gasteiger partial charge in [0.25, 0.3) is 0 Å². The number of thiophene rings is 1. The highest BCUT2D eigenvalue weighted by Gasteiger charge is 2.34. The van der Waals surface area contributed by atoms with Crippen molar-refractivity contribution in [2.75, 3.05) is 18.4 Å². The molecule has 22 heavy (non-hydrogen) atoms. The molecule has 3 N–H and O–H groups in total. The molecular weight excluding hydrogens is 308 g/mol. The van der Waals surface area contributed by atoms with Crippen LogP contribution in [-0.2, 0) is 16.1 Å². The molecule has 8 heteroatoms. The summed E-state index contributed by atoms with van der Waals surface area (Å²) < 4.78 is 0. The van der Waals surface area contributed by atoms with Crippen molar-refractivity contribution in [2.45, 2.75) is 31.7 Å². The maximum absolute atomic E-state index is 11.7. The number of anilines is 1. The first-order valence-electron chi connectivity index (χ1n) is 7.13. The van der Waals surface area contributed by atoms with Crippen molar-refractivity contribution in [3.05, 3.63) is 16.0 Å². The summed E-state index contributed by atoms with van der Waals surface area (Å²) in [7, 11) is 0. The van der Waals surface area contributed by atoms with Gasteiger partial charge in [-0.3, -0.25) is 9.69 Å². The fourth-order valence-corrected chi connectivity index (χ4v) is 4.62. The average Bonchev–Trinajstić information content (AvgIpc) is 2.60. The Kier molecular flexibility index (Phi) is 3.88. The summed E-state index contributed by atoms with van der Waals surface area (Å²) in [5.41, 5.74) is 0.865. The molecule has 0 aromatic carbocycles. The molecule has 7 nitrogen and oxygen atoms in total. The number of aromatic carboxylic acids is 1. The number of carboxylic acid groups (broad SMARTS) is 2. The van der Waals surface area contributed by atoms with Gasteiger partial charge in [-0.25, -0.2) is 9.59 Å². The first kappa shape index (κ1) is 15.0. The van der Waals surface area contributed by atoms with E-state index in [1.807, 2.05) is 0 Å². The third-order valence-corrected chi connectivity index (χ3v) is 5.36. The van der Waals surface area contributed by atoms with Crippen molar-refractivity contribution < 1.29 is 24.6 Å². The number of carbonyl (C=O) groups is 3. The molecule has 2 bridgehead atoms. The number of hydrogen-bond donors (Lipinski definition) is 3. The standard InChI is InChI=1S/C14H16N2O5S/c17-11(14(20)21)15-12-10(13(18)19)9-7-2-1-4-16(5-3-7)6-8(9)22-12/h7H,1-6H2,(H,15,17)(H,18,19)(H,20,21). The van der Waals surface area contributed by atoms with Gasteiger partial charge in [0.1, 0.15) is 5.00 Å². The molecule has 1 saturated heterocycles. The Morgan fingerprint density at radius 3 is 2.64 bits per heavy atom. The van der Waals surface area contributed by atoms with E-state index in [4.69, 9.17) is 5.11 Å². The molecular formula is C14H16N2O5S. The van der Waals surface area contributed by atoms with Gasteiger partial charge in [-0.05, 0) is 43.8 Å². The van der Waals surface area contributed by atoms with Gasteiger partial charge in [0.2, 0.25) is 0 Å². The van der Waals surface area contributed by atoms with Gasteiger partial charge >= 0.3 is 17.8 Å². The van der Waals surface area contributed by atoms with Gasteiger partial charge in [0, 0.05) is 11.4 Å². The Hall–Kier alpha value is -1.93. The van der Waals surface area contributed by atoms with Crippen LogP contribution in [0.5, 0.6) is 0 Å². The van der Waals surface area contributed by atoms with Gasteiger partial charge in [-0.1, -0.05) is 0 Å². The summed E-state index contributed by atoms with van der Waals surface area (Å²) in [5, 5.41) is 20.6. The summed E-state index contributed by atoms with van der Waals surface area (Å²) in [6.45, 7) is 2.61. The maximum atomic E-state index is 11.7. The number of aliphatic carboxylic acids is 1. The van der Waals surface area contributed by atoms with Crippen LogP contribution in [0.3, 0.4) is 0 Å².